The van der Waals surface area contributed by atoms with E-state index in [2.05, 4.69) is 5.16 Å². The molecule has 0 aliphatic rings. The average molecular weight is 255 g/mol. The van der Waals surface area contributed by atoms with Crippen LogP contribution < -0.4 is 0 Å². The van der Waals surface area contributed by atoms with E-state index in [0.717, 1.165) is 16.2 Å². The van der Waals surface area contributed by atoms with Crippen LogP contribution >= 0.6 is 0 Å². The van der Waals surface area contributed by atoms with E-state index in [-0.39, 0.29) is 12.4 Å². The Hall–Kier alpha value is -2.36. The fourth-order valence-corrected chi connectivity index (χ4v) is 2.15. The van der Waals surface area contributed by atoms with E-state index in [1.165, 1.54) is 0 Å². The molecular weight excluding hydrogens is 242 g/mol. The van der Waals surface area contributed by atoms with Crippen LogP contribution in [0.5, 0.6) is 0 Å². The molecule has 0 amide bonds. The molecule has 3 rings (SSSR count). The molecule has 0 spiro atoms. The van der Waals surface area contributed by atoms with Gasteiger partial charge in [-0.3, -0.25) is 4.79 Å². The second-order valence-corrected chi connectivity index (χ2v) is 4.31. The van der Waals surface area contributed by atoms with Gasteiger partial charge in [-0.05, 0) is 29.8 Å². The molecule has 1 aromatic heterocycles. The molecule has 4 heteroatoms. The summed E-state index contributed by atoms with van der Waals surface area (Å²) in [7, 11) is 0. The Kier molecular flexibility index (Phi) is 2.91. The molecule has 0 fully saturated rings. The maximum absolute atomic E-state index is 11.5. The highest BCUT2D eigenvalue weighted by molar-refractivity contribution is 5.97. The topological polar surface area (TPSA) is 52.3 Å². The summed E-state index contributed by atoms with van der Waals surface area (Å²) < 4.78 is 10.2. The molecule has 0 unspecified atom stereocenters. The second-order valence-electron chi connectivity index (χ2n) is 4.31. The van der Waals surface area contributed by atoms with Crippen LogP contribution in [0.25, 0.3) is 21.7 Å². The van der Waals surface area contributed by atoms with Gasteiger partial charge in [-0.2, -0.15) is 0 Å². The molecule has 0 aliphatic carbocycles. The van der Waals surface area contributed by atoms with Gasteiger partial charge in [0.1, 0.15) is 5.69 Å². The molecule has 3 aromatic rings. The lowest BCUT2D eigenvalue weighted by atomic mass is 10.1. The molecular formula is C15H13NO3. The highest BCUT2D eigenvalue weighted by Gasteiger charge is 2.13. The quantitative estimate of drug-likeness (QED) is 0.675. The predicted molar refractivity (Wildman–Crippen MR) is 71.9 cm³/mol. The molecule has 0 N–H and O–H groups in total. The first-order valence-corrected chi connectivity index (χ1v) is 6.20. The SMILES string of the molecule is CCOC(=O)Cc1noc2cc3ccccc3cc12. The Morgan fingerprint density at radius 3 is 2.74 bits per heavy atom. The highest BCUT2D eigenvalue weighted by Crippen LogP contribution is 2.25. The molecule has 4 nitrogen and oxygen atoms in total. The third-order valence-corrected chi connectivity index (χ3v) is 3.03. The molecule has 1 heterocycles. The molecule has 0 saturated carbocycles. The predicted octanol–water partition coefficient (Wildman–Crippen LogP) is 3.09. The van der Waals surface area contributed by atoms with Gasteiger partial charge in [0.15, 0.2) is 5.58 Å². The molecule has 0 radical (unpaired) electrons. The Morgan fingerprint density at radius 1 is 1.26 bits per heavy atom. The summed E-state index contributed by atoms with van der Waals surface area (Å²) in [5.74, 6) is -0.286. The van der Waals surface area contributed by atoms with Gasteiger partial charge in [-0.25, -0.2) is 0 Å². The van der Waals surface area contributed by atoms with Gasteiger partial charge in [0.2, 0.25) is 0 Å². The van der Waals surface area contributed by atoms with E-state index in [4.69, 9.17) is 9.26 Å². The van der Waals surface area contributed by atoms with Gasteiger partial charge in [0.25, 0.3) is 0 Å². The molecule has 0 aliphatic heterocycles. The summed E-state index contributed by atoms with van der Waals surface area (Å²) in [5, 5.41) is 7.02. The number of benzene rings is 2. The first-order valence-electron chi connectivity index (χ1n) is 6.20. The molecule has 0 bridgehead atoms. The lowest BCUT2D eigenvalue weighted by molar-refractivity contribution is -0.142. The van der Waals surface area contributed by atoms with E-state index in [9.17, 15) is 4.79 Å². The Morgan fingerprint density at radius 2 is 2.00 bits per heavy atom. The Balaban J connectivity index is 2.06. The lowest BCUT2D eigenvalue weighted by Crippen LogP contribution is -2.07. The largest absolute Gasteiger partial charge is 0.466 e. The van der Waals surface area contributed by atoms with Crippen molar-refractivity contribution < 1.29 is 14.1 Å². The van der Waals surface area contributed by atoms with Crippen molar-refractivity contribution in [3.05, 3.63) is 42.1 Å². The monoisotopic (exact) mass is 255 g/mol. The van der Waals surface area contributed by atoms with Gasteiger partial charge >= 0.3 is 5.97 Å². The van der Waals surface area contributed by atoms with Gasteiger partial charge < -0.3 is 9.26 Å². The van der Waals surface area contributed by atoms with Crippen LogP contribution in [0.1, 0.15) is 12.6 Å². The molecule has 0 saturated heterocycles. The van der Waals surface area contributed by atoms with Crippen molar-refractivity contribution in [1.29, 1.82) is 0 Å². The fraction of sp³-hybridized carbons (Fsp3) is 0.200. The number of hydrogen-bond acceptors (Lipinski definition) is 4. The number of carbonyl (C=O) groups excluding carboxylic acids is 1. The number of fused-ring (bicyclic) bond motifs is 2. The molecule has 2 aromatic carbocycles. The third-order valence-electron chi connectivity index (χ3n) is 3.03. The van der Waals surface area contributed by atoms with Gasteiger partial charge in [-0.15, -0.1) is 0 Å². The number of esters is 1. The van der Waals surface area contributed by atoms with Crippen LogP contribution in [0.4, 0.5) is 0 Å². The lowest BCUT2D eigenvalue weighted by Gasteiger charge is -1.99. The maximum Gasteiger partial charge on any atom is 0.312 e. The van der Waals surface area contributed by atoms with E-state index >= 15 is 0 Å². The number of hydrogen-bond donors (Lipinski definition) is 0. The van der Waals surface area contributed by atoms with Crippen molar-refractivity contribution in [2.24, 2.45) is 0 Å². The van der Waals surface area contributed by atoms with Crippen molar-refractivity contribution in [2.75, 3.05) is 6.61 Å². The second kappa shape index (κ2) is 4.72. The summed E-state index contributed by atoms with van der Waals surface area (Å²) in [6, 6.07) is 11.9. The smallest absolute Gasteiger partial charge is 0.312 e. The van der Waals surface area contributed by atoms with E-state index in [1.807, 2.05) is 36.4 Å². The first-order chi connectivity index (χ1) is 9.28. The van der Waals surface area contributed by atoms with Gasteiger partial charge in [0.05, 0.1) is 13.0 Å². The third kappa shape index (κ3) is 2.17. The molecule has 19 heavy (non-hydrogen) atoms. The van der Waals surface area contributed by atoms with Crippen LogP contribution in [-0.4, -0.2) is 17.7 Å². The summed E-state index contributed by atoms with van der Waals surface area (Å²) in [6.07, 6.45) is 0.138. The summed E-state index contributed by atoms with van der Waals surface area (Å²) in [5.41, 5.74) is 1.32. The van der Waals surface area contributed by atoms with Crippen LogP contribution in [-0.2, 0) is 16.0 Å². The van der Waals surface area contributed by atoms with Crippen LogP contribution in [0.15, 0.2) is 40.9 Å². The fourth-order valence-electron chi connectivity index (χ4n) is 2.15. The van der Waals surface area contributed by atoms with Crippen molar-refractivity contribution in [3.8, 4) is 0 Å². The zero-order valence-electron chi connectivity index (χ0n) is 10.6. The Labute approximate surface area is 109 Å². The van der Waals surface area contributed by atoms with Crippen molar-refractivity contribution in [2.45, 2.75) is 13.3 Å². The van der Waals surface area contributed by atoms with Crippen molar-refractivity contribution in [3.63, 3.8) is 0 Å². The number of carbonyl (C=O) groups is 1. The zero-order valence-corrected chi connectivity index (χ0v) is 10.6. The van der Waals surface area contributed by atoms with E-state index in [1.54, 1.807) is 6.92 Å². The standard InChI is InChI=1S/C15H13NO3/c1-2-18-15(17)9-13-12-7-10-5-3-4-6-11(10)8-14(12)19-16-13/h3-8H,2,9H2,1H3. The van der Waals surface area contributed by atoms with Crippen LogP contribution in [0, 0.1) is 0 Å². The number of ether oxygens (including phenoxy) is 1. The van der Waals surface area contributed by atoms with Gasteiger partial charge in [-0.1, -0.05) is 29.4 Å². The van der Waals surface area contributed by atoms with Gasteiger partial charge in [0, 0.05) is 5.39 Å². The minimum Gasteiger partial charge on any atom is -0.466 e. The summed E-state index contributed by atoms with van der Waals surface area (Å²) >= 11 is 0. The van der Waals surface area contributed by atoms with E-state index < -0.39 is 0 Å². The molecule has 96 valence electrons. The van der Waals surface area contributed by atoms with Crippen LogP contribution in [0.3, 0.4) is 0 Å². The normalized spacial score (nSPS) is 11.0. The van der Waals surface area contributed by atoms with E-state index in [0.29, 0.717) is 17.9 Å². The number of nitrogens with zero attached hydrogens (tertiary/aromatic N) is 1. The van der Waals surface area contributed by atoms with Crippen LogP contribution in [0.2, 0.25) is 0 Å². The first kappa shape index (κ1) is 11.7. The van der Waals surface area contributed by atoms with Crippen molar-refractivity contribution >= 4 is 27.7 Å². The minimum atomic E-state index is -0.286. The summed E-state index contributed by atoms with van der Waals surface area (Å²) in [6.45, 7) is 2.16. The highest BCUT2D eigenvalue weighted by atomic mass is 16.5. The average Bonchev–Trinajstić information content (AvgIpc) is 2.79. The zero-order chi connectivity index (χ0) is 13.2. The number of rotatable bonds is 3. The summed E-state index contributed by atoms with van der Waals surface area (Å²) in [4.78, 5) is 11.5. The maximum atomic E-state index is 11.5. The molecule has 0 atom stereocenters. The number of aromatic nitrogens is 1. The van der Waals surface area contributed by atoms with Crippen molar-refractivity contribution in [1.82, 2.24) is 5.16 Å². The minimum absolute atomic E-state index is 0.138. The Bertz CT molecular complexity index is 745.